The molecular formula is C12H15FN2O4. The molecule has 1 unspecified atom stereocenters. The van der Waals surface area contributed by atoms with Gasteiger partial charge in [0.25, 0.3) is 5.91 Å². The van der Waals surface area contributed by atoms with Gasteiger partial charge in [0.15, 0.2) is 29.2 Å². The van der Waals surface area contributed by atoms with Crippen molar-refractivity contribution < 1.29 is 23.6 Å². The maximum Gasteiger partial charge on any atom is 0.297 e. The summed E-state index contributed by atoms with van der Waals surface area (Å²) in [6, 6.07) is 1.28. The lowest BCUT2D eigenvalue weighted by molar-refractivity contribution is -0.118. The molecule has 0 saturated heterocycles. The first-order valence-corrected chi connectivity index (χ1v) is 5.70. The highest BCUT2D eigenvalue weighted by atomic mass is 19.1. The van der Waals surface area contributed by atoms with E-state index in [2.05, 4.69) is 5.16 Å². The molecule has 7 heteroatoms. The Morgan fingerprint density at radius 3 is 2.63 bits per heavy atom. The molecule has 6 nitrogen and oxygen atoms in total. The molecule has 0 aliphatic carbocycles. The highest BCUT2D eigenvalue weighted by Crippen LogP contribution is 2.33. The van der Waals surface area contributed by atoms with Gasteiger partial charge >= 0.3 is 0 Å². The van der Waals surface area contributed by atoms with Crippen molar-refractivity contribution in [3.8, 4) is 0 Å². The summed E-state index contributed by atoms with van der Waals surface area (Å²) in [6.07, 6.45) is -1.19. The van der Waals surface area contributed by atoms with E-state index in [1.807, 2.05) is 0 Å². The average molecular weight is 270 g/mol. The third-order valence-electron chi connectivity index (χ3n) is 2.94. The smallest absolute Gasteiger partial charge is 0.297 e. The summed E-state index contributed by atoms with van der Waals surface area (Å²) in [7, 11) is 1.34. The molecule has 1 aliphatic rings. The highest BCUT2D eigenvalue weighted by Gasteiger charge is 2.40. The molecule has 0 aromatic carbocycles. The van der Waals surface area contributed by atoms with Crippen molar-refractivity contribution in [1.29, 1.82) is 0 Å². The van der Waals surface area contributed by atoms with Gasteiger partial charge < -0.3 is 14.4 Å². The zero-order valence-corrected chi connectivity index (χ0v) is 11.1. The largest absolute Gasteiger partial charge is 0.491 e. The number of carbonyl (C=O) groups excluding carboxylic acids is 1. The number of aliphatic hydroxyl groups excluding tert-OH is 1. The molecule has 1 aromatic rings. The Bertz CT molecular complexity index is 544. The number of rotatable bonds is 3. The zero-order chi connectivity index (χ0) is 14.4. The normalized spacial score (nSPS) is 20.4. The summed E-state index contributed by atoms with van der Waals surface area (Å²) in [5.41, 5.74) is -1.34. The lowest BCUT2D eigenvalue weighted by atomic mass is 10.1. The van der Waals surface area contributed by atoms with Crippen LogP contribution in [0.4, 0.5) is 10.2 Å². The Hall–Kier alpha value is -1.89. The molecule has 1 atom stereocenters. The Labute approximate surface area is 109 Å². The number of anilines is 1. The van der Waals surface area contributed by atoms with Crippen molar-refractivity contribution in [3.05, 3.63) is 23.2 Å². The third kappa shape index (κ3) is 2.10. The van der Waals surface area contributed by atoms with Crippen LogP contribution in [0.3, 0.4) is 0 Å². The van der Waals surface area contributed by atoms with Gasteiger partial charge in [-0.1, -0.05) is 5.16 Å². The maximum absolute atomic E-state index is 13.7. The summed E-state index contributed by atoms with van der Waals surface area (Å²) < 4.78 is 23.5. The standard InChI is InChI=1S/C12H15FN2O4/c1-6-9(18-4)11(17)15(10(6)16)8-5-7(19-14-8)12(2,3)13/h5,10,16H,1-4H3. The first kappa shape index (κ1) is 13.5. The van der Waals surface area contributed by atoms with Crippen LogP contribution < -0.4 is 4.90 Å². The van der Waals surface area contributed by atoms with Crippen molar-refractivity contribution in [3.63, 3.8) is 0 Å². The fourth-order valence-electron chi connectivity index (χ4n) is 1.84. The summed E-state index contributed by atoms with van der Waals surface area (Å²) >= 11 is 0. The van der Waals surface area contributed by atoms with Crippen molar-refractivity contribution >= 4 is 11.7 Å². The van der Waals surface area contributed by atoms with Crippen LogP contribution in [0.5, 0.6) is 0 Å². The van der Waals surface area contributed by atoms with Gasteiger partial charge in [0.1, 0.15) is 0 Å². The molecule has 2 rings (SSSR count). The number of carbonyl (C=O) groups is 1. The number of halogens is 1. The van der Waals surface area contributed by atoms with Crippen LogP contribution in [0.2, 0.25) is 0 Å². The van der Waals surface area contributed by atoms with E-state index in [1.165, 1.54) is 27.0 Å². The Balaban J connectivity index is 2.35. The fraction of sp³-hybridized carbons (Fsp3) is 0.500. The summed E-state index contributed by atoms with van der Waals surface area (Å²) in [4.78, 5) is 13.0. The molecule has 1 N–H and O–H groups in total. The molecule has 1 aliphatic heterocycles. The summed E-state index contributed by atoms with van der Waals surface area (Å²) in [6.45, 7) is 4.19. The lowest BCUT2D eigenvalue weighted by Crippen LogP contribution is -2.35. The fourth-order valence-corrected chi connectivity index (χ4v) is 1.84. The Kier molecular flexibility index (Phi) is 3.09. The second-order valence-corrected chi connectivity index (χ2v) is 4.79. The predicted octanol–water partition coefficient (Wildman–Crippen LogP) is 1.46. The number of hydrogen-bond donors (Lipinski definition) is 1. The number of hydrogen-bond acceptors (Lipinski definition) is 5. The second kappa shape index (κ2) is 4.34. The molecule has 1 amide bonds. The molecule has 0 fully saturated rings. The quantitative estimate of drug-likeness (QED) is 0.900. The number of aliphatic hydroxyl groups is 1. The Morgan fingerprint density at radius 1 is 1.58 bits per heavy atom. The Morgan fingerprint density at radius 2 is 2.21 bits per heavy atom. The number of amides is 1. The van der Waals surface area contributed by atoms with E-state index in [0.717, 1.165) is 4.90 Å². The molecule has 19 heavy (non-hydrogen) atoms. The molecule has 104 valence electrons. The van der Waals surface area contributed by atoms with E-state index >= 15 is 0 Å². The first-order valence-electron chi connectivity index (χ1n) is 5.70. The van der Waals surface area contributed by atoms with Crippen molar-refractivity contribution in [2.45, 2.75) is 32.7 Å². The number of methoxy groups -OCH3 is 1. The number of aromatic nitrogens is 1. The van der Waals surface area contributed by atoms with Gasteiger partial charge in [-0.25, -0.2) is 4.39 Å². The van der Waals surface area contributed by atoms with Gasteiger partial charge in [-0.05, 0) is 20.8 Å². The number of nitrogens with zero attached hydrogens (tertiary/aromatic N) is 2. The minimum absolute atomic E-state index is 0.0222. The van der Waals surface area contributed by atoms with E-state index in [9.17, 15) is 14.3 Å². The van der Waals surface area contributed by atoms with E-state index in [0.29, 0.717) is 5.57 Å². The second-order valence-electron chi connectivity index (χ2n) is 4.79. The minimum atomic E-state index is -1.72. The van der Waals surface area contributed by atoms with E-state index in [1.54, 1.807) is 6.92 Å². The predicted molar refractivity (Wildman–Crippen MR) is 63.8 cm³/mol. The van der Waals surface area contributed by atoms with Crippen LogP contribution in [-0.4, -0.2) is 29.5 Å². The van der Waals surface area contributed by atoms with Crippen molar-refractivity contribution in [2.75, 3.05) is 12.0 Å². The molecule has 0 saturated carbocycles. The topological polar surface area (TPSA) is 75.8 Å². The molecular weight excluding hydrogens is 255 g/mol. The minimum Gasteiger partial charge on any atom is -0.491 e. The van der Waals surface area contributed by atoms with Gasteiger partial charge in [-0.3, -0.25) is 9.69 Å². The SMILES string of the molecule is COC1=C(C)C(O)N(c2cc(C(C)(C)F)on2)C1=O. The van der Waals surface area contributed by atoms with Crippen LogP contribution in [0.1, 0.15) is 26.5 Å². The van der Waals surface area contributed by atoms with Crippen LogP contribution in [0.15, 0.2) is 21.9 Å². The van der Waals surface area contributed by atoms with E-state index in [4.69, 9.17) is 9.26 Å². The van der Waals surface area contributed by atoms with E-state index in [-0.39, 0.29) is 17.3 Å². The van der Waals surface area contributed by atoms with E-state index < -0.39 is 17.8 Å². The third-order valence-corrected chi connectivity index (χ3v) is 2.94. The van der Waals surface area contributed by atoms with Crippen molar-refractivity contribution in [2.24, 2.45) is 0 Å². The van der Waals surface area contributed by atoms with Gasteiger partial charge in [0.2, 0.25) is 0 Å². The number of ether oxygens (including phenoxy) is 1. The average Bonchev–Trinajstić information content (AvgIpc) is 2.85. The van der Waals surface area contributed by atoms with Crippen LogP contribution in [0.25, 0.3) is 0 Å². The molecule has 1 aromatic heterocycles. The van der Waals surface area contributed by atoms with Gasteiger partial charge in [-0.2, -0.15) is 0 Å². The first-order chi connectivity index (χ1) is 8.77. The zero-order valence-electron chi connectivity index (χ0n) is 11.1. The molecule has 2 heterocycles. The molecule has 0 radical (unpaired) electrons. The van der Waals surface area contributed by atoms with Crippen LogP contribution >= 0.6 is 0 Å². The van der Waals surface area contributed by atoms with Gasteiger partial charge in [0.05, 0.1) is 7.11 Å². The summed E-state index contributed by atoms with van der Waals surface area (Å²) in [5, 5.41) is 13.6. The van der Waals surface area contributed by atoms with Crippen LogP contribution in [-0.2, 0) is 15.2 Å². The monoisotopic (exact) mass is 270 g/mol. The van der Waals surface area contributed by atoms with Gasteiger partial charge in [-0.15, -0.1) is 0 Å². The summed E-state index contributed by atoms with van der Waals surface area (Å²) in [5.74, 6) is -0.462. The lowest BCUT2D eigenvalue weighted by Gasteiger charge is -2.17. The van der Waals surface area contributed by atoms with Crippen LogP contribution in [0, 0.1) is 0 Å². The van der Waals surface area contributed by atoms with Crippen molar-refractivity contribution in [1.82, 2.24) is 5.16 Å². The van der Waals surface area contributed by atoms with Gasteiger partial charge in [0, 0.05) is 11.6 Å². The maximum atomic E-state index is 13.7. The molecule has 0 bridgehead atoms. The highest BCUT2D eigenvalue weighted by molar-refractivity contribution is 6.07. The number of alkyl halides is 1. The molecule has 0 spiro atoms.